The number of β-lactam (4-membered cyclic amide) rings is 1. The van der Waals surface area contributed by atoms with Gasteiger partial charge in [-0.05, 0) is 29.3 Å². The molecule has 0 unspecified atom stereocenters. The number of carboxylic acids is 1. The fourth-order valence-corrected chi connectivity index (χ4v) is 5.51. The van der Waals surface area contributed by atoms with E-state index in [0.717, 1.165) is 4.88 Å². The molecule has 0 bridgehead atoms. The van der Waals surface area contributed by atoms with Gasteiger partial charge in [-0.2, -0.15) is 0 Å². The van der Waals surface area contributed by atoms with Gasteiger partial charge >= 0.3 is 5.97 Å². The highest BCUT2D eigenvalue weighted by Crippen LogP contribution is 2.40. The van der Waals surface area contributed by atoms with E-state index in [2.05, 4.69) is 5.32 Å². The van der Waals surface area contributed by atoms with Crippen molar-refractivity contribution in [2.24, 2.45) is 0 Å². The van der Waals surface area contributed by atoms with Crippen molar-refractivity contribution in [2.75, 3.05) is 18.8 Å². The SMILES string of the molecule is O=C(Cc1cccs1)N[C@@H]1C(=O)N2C(C(=O)O)=C(CN3C=CC=CC3)CS[C@H]12.[Cl-]. The number of thioether (sulfide) groups is 1. The zero-order chi connectivity index (χ0) is 19.7. The molecule has 4 rings (SSSR count). The van der Waals surface area contributed by atoms with Crippen LogP contribution < -0.4 is 17.7 Å². The van der Waals surface area contributed by atoms with Crippen molar-refractivity contribution in [3.05, 3.63) is 58.1 Å². The summed E-state index contributed by atoms with van der Waals surface area (Å²) in [5.41, 5.74) is 0.769. The number of amides is 2. The van der Waals surface area contributed by atoms with Crippen molar-refractivity contribution in [1.82, 2.24) is 15.1 Å². The van der Waals surface area contributed by atoms with Crippen LogP contribution >= 0.6 is 23.1 Å². The molecule has 2 amide bonds. The summed E-state index contributed by atoms with van der Waals surface area (Å²) in [6, 6.07) is 3.07. The van der Waals surface area contributed by atoms with E-state index in [-0.39, 0.29) is 41.7 Å². The molecule has 3 aliphatic heterocycles. The van der Waals surface area contributed by atoms with Gasteiger partial charge in [0, 0.05) is 23.7 Å². The lowest BCUT2D eigenvalue weighted by Crippen LogP contribution is -3.00. The van der Waals surface area contributed by atoms with Gasteiger partial charge in [-0.25, -0.2) is 4.79 Å². The number of hydrogen-bond donors (Lipinski definition) is 2. The Balaban J connectivity index is 0.00000240. The van der Waals surface area contributed by atoms with Gasteiger partial charge in [0.2, 0.25) is 5.91 Å². The molecule has 0 aromatic carbocycles. The number of carbonyl (C=O) groups excluding carboxylic acids is 2. The molecule has 0 aliphatic carbocycles. The van der Waals surface area contributed by atoms with Crippen LogP contribution in [0, 0.1) is 0 Å². The Morgan fingerprint density at radius 2 is 2.14 bits per heavy atom. The summed E-state index contributed by atoms with van der Waals surface area (Å²) in [4.78, 5) is 41.0. The second-order valence-corrected chi connectivity index (χ2v) is 8.80. The van der Waals surface area contributed by atoms with Crippen LogP contribution in [-0.4, -0.2) is 62.9 Å². The third-order valence-corrected chi connectivity index (χ3v) is 6.98. The molecule has 2 N–H and O–H groups in total. The lowest BCUT2D eigenvalue weighted by Gasteiger charge is -2.49. The first kappa shape index (κ1) is 21.5. The van der Waals surface area contributed by atoms with Gasteiger partial charge in [-0.1, -0.05) is 18.2 Å². The normalized spacial score (nSPS) is 22.7. The number of halogens is 1. The number of allylic oxidation sites excluding steroid dienone is 2. The van der Waals surface area contributed by atoms with Crippen LogP contribution in [0.4, 0.5) is 0 Å². The number of carbonyl (C=O) groups is 3. The van der Waals surface area contributed by atoms with Gasteiger partial charge in [0.25, 0.3) is 5.91 Å². The quantitative estimate of drug-likeness (QED) is 0.506. The minimum Gasteiger partial charge on any atom is -1.00 e. The van der Waals surface area contributed by atoms with Crippen molar-refractivity contribution < 1.29 is 31.9 Å². The highest BCUT2D eigenvalue weighted by Gasteiger charge is 2.54. The van der Waals surface area contributed by atoms with Gasteiger partial charge in [0.15, 0.2) is 0 Å². The summed E-state index contributed by atoms with van der Waals surface area (Å²) < 4.78 is 0. The predicted molar refractivity (Wildman–Crippen MR) is 108 cm³/mol. The third-order valence-electron chi connectivity index (χ3n) is 4.76. The number of carboxylic acid groups (broad SMARTS) is 1. The molecular weight excluding hydrogens is 434 g/mol. The topological polar surface area (TPSA) is 90.0 Å². The van der Waals surface area contributed by atoms with E-state index >= 15 is 0 Å². The number of nitrogens with one attached hydrogen (secondary N) is 1. The Labute approximate surface area is 182 Å². The van der Waals surface area contributed by atoms with Crippen molar-refractivity contribution in [1.29, 1.82) is 0 Å². The maximum atomic E-state index is 12.7. The van der Waals surface area contributed by atoms with E-state index in [1.54, 1.807) is 0 Å². The molecule has 0 saturated carbocycles. The van der Waals surface area contributed by atoms with E-state index in [1.165, 1.54) is 28.0 Å². The Hall–Kier alpha value is -2.23. The average molecular weight is 453 g/mol. The average Bonchev–Trinajstić information content (AvgIpc) is 3.19. The first-order valence-corrected chi connectivity index (χ1v) is 10.8. The molecule has 3 aliphatic rings. The fourth-order valence-electron chi connectivity index (χ4n) is 3.47. The number of rotatable bonds is 6. The molecule has 1 saturated heterocycles. The van der Waals surface area contributed by atoms with Crippen molar-refractivity contribution in [3.8, 4) is 0 Å². The third kappa shape index (κ3) is 4.36. The van der Waals surface area contributed by atoms with Gasteiger partial charge in [0.1, 0.15) is 17.1 Å². The number of thiophene rings is 1. The highest BCUT2D eigenvalue weighted by atomic mass is 35.5. The summed E-state index contributed by atoms with van der Waals surface area (Å²) in [5.74, 6) is -1.17. The van der Waals surface area contributed by atoms with Crippen molar-refractivity contribution in [3.63, 3.8) is 0 Å². The standard InChI is InChI=1S/C19H19N3O4S2.ClH/c23-14(9-13-5-4-8-27-13)20-15-17(24)22-16(19(25)26)12(11-28-18(15)22)10-21-6-2-1-3-7-21;/h1-6,8,15,18H,7,9-11H2,(H,20,23)(H,25,26);1H/p-1/t15-,18-;/m1./s1. The second kappa shape index (κ2) is 9.06. The molecular formula is C19H19ClN3O4S2-. The molecule has 29 heavy (non-hydrogen) atoms. The predicted octanol–water partition coefficient (Wildman–Crippen LogP) is -1.58. The van der Waals surface area contributed by atoms with Crippen LogP contribution in [0.3, 0.4) is 0 Å². The van der Waals surface area contributed by atoms with Gasteiger partial charge in [-0.3, -0.25) is 14.5 Å². The summed E-state index contributed by atoms with van der Waals surface area (Å²) >= 11 is 2.98. The van der Waals surface area contributed by atoms with Crippen LogP contribution in [-0.2, 0) is 20.8 Å². The molecule has 0 radical (unpaired) electrons. The molecule has 154 valence electrons. The van der Waals surface area contributed by atoms with Crippen LogP contribution in [0.1, 0.15) is 4.88 Å². The molecule has 1 aromatic heterocycles. The minimum atomic E-state index is -1.10. The highest BCUT2D eigenvalue weighted by molar-refractivity contribution is 8.00. The van der Waals surface area contributed by atoms with Crippen LogP contribution in [0.15, 0.2) is 53.2 Å². The maximum absolute atomic E-state index is 12.7. The molecule has 4 heterocycles. The molecule has 10 heteroatoms. The lowest BCUT2D eigenvalue weighted by molar-refractivity contribution is -0.150. The van der Waals surface area contributed by atoms with Gasteiger partial charge < -0.3 is 27.7 Å². The van der Waals surface area contributed by atoms with Gasteiger partial charge in [-0.15, -0.1) is 23.1 Å². The van der Waals surface area contributed by atoms with Crippen LogP contribution in [0.5, 0.6) is 0 Å². The minimum absolute atomic E-state index is 0. The van der Waals surface area contributed by atoms with Gasteiger partial charge in [0.05, 0.1) is 6.42 Å². The maximum Gasteiger partial charge on any atom is 0.352 e. The number of nitrogens with zero attached hydrogens (tertiary/aromatic N) is 2. The lowest BCUT2D eigenvalue weighted by atomic mass is 10.0. The Kier molecular flexibility index (Phi) is 6.71. The number of fused-ring (bicyclic) bond motifs is 1. The van der Waals surface area contributed by atoms with Crippen molar-refractivity contribution in [2.45, 2.75) is 17.8 Å². The summed E-state index contributed by atoms with van der Waals surface area (Å²) in [5, 5.41) is 14.0. The molecule has 1 fully saturated rings. The van der Waals surface area contributed by atoms with Crippen LogP contribution in [0.25, 0.3) is 0 Å². The zero-order valence-electron chi connectivity index (χ0n) is 15.3. The van der Waals surface area contributed by atoms with Crippen LogP contribution in [0.2, 0.25) is 0 Å². The van der Waals surface area contributed by atoms with E-state index in [1.807, 2.05) is 46.8 Å². The zero-order valence-corrected chi connectivity index (χ0v) is 17.7. The van der Waals surface area contributed by atoms with E-state index in [0.29, 0.717) is 24.4 Å². The molecule has 7 nitrogen and oxygen atoms in total. The first-order chi connectivity index (χ1) is 13.5. The Bertz CT molecular complexity index is 897. The largest absolute Gasteiger partial charge is 1.00 e. The monoisotopic (exact) mass is 452 g/mol. The first-order valence-electron chi connectivity index (χ1n) is 8.83. The smallest absolute Gasteiger partial charge is 0.352 e. The molecule has 2 atom stereocenters. The fraction of sp³-hybridized carbons (Fsp3) is 0.316. The number of hydrogen-bond acceptors (Lipinski definition) is 6. The second-order valence-electron chi connectivity index (χ2n) is 6.67. The Morgan fingerprint density at radius 1 is 1.31 bits per heavy atom. The summed E-state index contributed by atoms with van der Waals surface area (Å²) in [6.45, 7) is 1.16. The van der Waals surface area contributed by atoms with E-state index in [4.69, 9.17) is 0 Å². The van der Waals surface area contributed by atoms with Crippen molar-refractivity contribution >= 4 is 40.9 Å². The Morgan fingerprint density at radius 3 is 2.79 bits per heavy atom. The van der Waals surface area contributed by atoms with E-state index < -0.39 is 12.0 Å². The summed E-state index contributed by atoms with van der Waals surface area (Å²) in [7, 11) is 0. The van der Waals surface area contributed by atoms with E-state index in [9.17, 15) is 19.5 Å². The number of aliphatic carboxylic acids is 1. The summed E-state index contributed by atoms with van der Waals surface area (Å²) in [6.07, 6.45) is 7.97. The molecule has 0 spiro atoms. The molecule has 1 aromatic rings.